The first kappa shape index (κ1) is 23.9. The van der Waals surface area contributed by atoms with Crippen LogP contribution in [0.4, 0.5) is 4.39 Å². The number of aromatic nitrogens is 3. The van der Waals surface area contributed by atoms with Gasteiger partial charge in [-0.25, -0.2) is 9.37 Å². The summed E-state index contributed by atoms with van der Waals surface area (Å²) in [4.78, 5) is 9.26. The van der Waals surface area contributed by atoms with E-state index < -0.39 is 8.07 Å². The van der Waals surface area contributed by atoms with Crippen molar-refractivity contribution in [2.45, 2.75) is 32.4 Å². The van der Waals surface area contributed by atoms with E-state index in [0.717, 1.165) is 11.4 Å². The van der Waals surface area contributed by atoms with Gasteiger partial charge in [-0.3, -0.25) is 9.55 Å². The predicted octanol–water partition coefficient (Wildman–Crippen LogP) is 6.23. The van der Waals surface area contributed by atoms with Gasteiger partial charge in [0.2, 0.25) is 0 Å². The van der Waals surface area contributed by atoms with Crippen molar-refractivity contribution in [3.05, 3.63) is 60.7 Å². The molecule has 0 saturated heterocycles. The minimum Gasteiger partial charge on any atom is -0.497 e. The van der Waals surface area contributed by atoms with Crippen molar-refractivity contribution in [2.75, 3.05) is 20.8 Å². The predicted molar refractivity (Wildman–Crippen MR) is 136 cm³/mol. The summed E-state index contributed by atoms with van der Waals surface area (Å²) >= 11 is 0. The molecule has 0 amide bonds. The van der Waals surface area contributed by atoms with Crippen molar-refractivity contribution < 1.29 is 18.6 Å². The van der Waals surface area contributed by atoms with Crippen LogP contribution in [0.25, 0.3) is 33.5 Å². The average Bonchev–Trinajstić information content (AvgIpc) is 3.15. The van der Waals surface area contributed by atoms with Crippen LogP contribution in [0.3, 0.4) is 0 Å². The van der Waals surface area contributed by atoms with Crippen molar-refractivity contribution in [1.29, 1.82) is 0 Å². The van der Waals surface area contributed by atoms with Crippen LogP contribution in [0, 0.1) is 5.82 Å². The molecule has 8 heteroatoms. The van der Waals surface area contributed by atoms with Gasteiger partial charge in [0.05, 0.1) is 19.9 Å². The molecule has 0 atom stereocenters. The maximum atomic E-state index is 15.3. The molecule has 0 bridgehead atoms. The van der Waals surface area contributed by atoms with E-state index in [1.54, 1.807) is 38.7 Å². The molecule has 0 saturated carbocycles. The van der Waals surface area contributed by atoms with Gasteiger partial charge in [-0.15, -0.1) is 0 Å². The number of hydrogen-bond donors (Lipinski definition) is 0. The Kier molecular flexibility index (Phi) is 6.99. The second-order valence-corrected chi connectivity index (χ2v) is 14.9. The highest BCUT2D eigenvalue weighted by Gasteiger charge is 2.26. The summed E-state index contributed by atoms with van der Waals surface area (Å²) in [6.07, 6.45) is 3.43. The van der Waals surface area contributed by atoms with Crippen molar-refractivity contribution in [1.82, 2.24) is 14.5 Å². The van der Waals surface area contributed by atoms with Crippen LogP contribution in [0.5, 0.6) is 11.5 Å². The summed E-state index contributed by atoms with van der Waals surface area (Å²) in [5.74, 6) is 0.782. The number of rotatable bonds is 9. The Labute approximate surface area is 200 Å². The van der Waals surface area contributed by atoms with Gasteiger partial charge >= 0.3 is 0 Å². The number of benzene rings is 1. The number of fused-ring (bicyclic) bond motifs is 1. The monoisotopic (exact) mass is 479 g/mol. The van der Waals surface area contributed by atoms with Crippen LogP contribution < -0.4 is 9.47 Å². The summed E-state index contributed by atoms with van der Waals surface area (Å²) in [5, 5.41) is 0.797. The zero-order valence-corrected chi connectivity index (χ0v) is 21.3. The normalized spacial score (nSPS) is 11.7. The number of nitrogens with zero attached hydrogens (tertiary/aromatic N) is 3. The van der Waals surface area contributed by atoms with Crippen molar-refractivity contribution in [2.24, 2.45) is 0 Å². The lowest BCUT2D eigenvalue weighted by Crippen LogP contribution is -2.22. The van der Waals surface area contributed by atoms with Gasteiger partial charge in [0.15, 0.2) is 0 Å². The van der Waals surface area contributed by atoms with Gasteiger partial charge in [0.25, 0.3) is 0 Å². The Hall–Kier alpha value is -3.23. The second kappa shape index (κ2) is 9.95. The van der Waals surface area contributed by atoms with E-state index in [4.69, 9.17) is 14.2 Å². The lowest BCUT2D eigenvalue weighted by molar-refractivity contribution is 0.0909. The third kappa shape index (κ3) is 4.83. The molecule has 4 aromatic rings. The van der Waals surface area contributed by atoms with Crippen LogP contribution in [0.1, 0.15) is 0 Å². The van der Waals surface area contributed by atoms with Crippen molar-refractivity contribution >= 4 is 19.1 Å². The molecule has 178 valence electrons. The van der Waals surface area contributed by atoms with E-state index in [2.05, 4.69) is 29.6 Å². The van der Waals surface area contributed by atoms with Crippen LogP contribution in [-0.2, 0) is 11.5 Å². The summed E-state index contributed by atoms with van der Waals surface area (Å²) in [6, 6.07) is 13.2. The van der Waals surface area contributed by atoms with E-state index in [1.165, 1.54) is 6.07 Å². The highest BCUT2D eigenvalue weighted by atomic mass is 28.3. The number of ether oxygens (including phenoxy) is 3. The number of pyridine rings is 2. The van der Waals surface area contributed by atoms with Crippen molar-refractivity contribution in [3.63, 3.8) is 0 Å². The van der Waals surface area contributed by atoms with Gasteiger partial charge in [-0.1, -0.05) is 19.6 Å². The summed E-state index contributed by atoms with van der Waals surface area (Å²) in [7, 11) is 1.91. The first-order valence-corrected chi connectivity index (χ1v) is 14.9. The molecule has 34 heavy (non-hydrogen) atoms. The Bertz CT molecular complexity index is 1300. The van der Waals surface area contributed by atoms with Crippen LogP contribution >= 0.6 is 0 Å². The minimum absolute atomic E-state index is 0.263. The molecule has 0 N–H and O–H groups in total. The van der Waals surface area contributed by atoms with Crippen LogP contribution in [0.15, 0.2) is 54.9 Å². The van der Waals surface area contributed by atoms with Gasteiger partial charge < -0.3 is 14.2 Å². The molecule has 0 unspecified atom stereocenters. The van der Waals surface area contributed by atoms with Crippen LogP contribution in [-0.4, -0.2) is 43.4 Å². The summed E-state index contributed by atoms with van der Waals surface area (Å²) in [5.41, 5.74) is 3.04. The molecule has 3 heterocycles. The molecule has 0 aliphatic rings. The number of hydrogen-bond acceptors (Lipinski definition) is 5. The number of methoxy groups -OCH3 is 2. The van der Waals surface area contributed by atoms with E-state index in [9.17, 15) is 0 Å². The molecule has 3 aromatic heterocycles. The van der Waals surface area contributed by atoms with Gasteiger partial charge in [0.1, 0.15) is 35.4 Å². The lowest BCUT2D eigenvalue weighted by Gasteiger charge is -2.17. The fourth-order valence-electron chi connectivity index (χ4n) is 3.91. The first-order chi connectivity index (χ1) is 16.3. The van der Waals surface area contributed by atoms with Gasteiger partial charge in [-0.2, -0.15) is 0 Å². The standard InChI is InChI=1S/C26H30FN3O3Si/c1-31-18-10-11-21(27)20(16-18)23-19-8-6-13-29-26(19)30(17-33-14-15-34(3,4)5)25(23)24-22(32-2)9-7-12-28-24/h6-13,16H,14-15,17H2,1-5H3. The Morgan fingerprint density at radius 1 is 0.971 bits per heavy atom. The molecule has 0 aliphatic heterocycles. The molecular weight excluding hydrogens is 449 g/mol. The Morgan fingerprint density at radius 2 is 1.74 bits per heavy atom. The van der Waals surface area contributed by atoms with Crippen molar-refractivity contribution in [3.8, 4) is 34.0 Å². The largest absolute Gasteiger partial charge is 0.497 e. The molecule has 4 rings (SSSR count). The first-order valence-electron chi connectivity index (χ1n) is 11.2. The molecule has 1 aromatic carbocycles. The minimum atomic E-state index is -1.25. The topological polar surface area (TPSA) is 58.4 Å². The smallest absolute Gasteiger partial charge is 0.146 e. The summed E-state index contributed by atoms with van der Waals surface area (Å²) < 4.78 is 34.4. The highest BCUT2D eigenvalue weighted by molar-refractivity contribution is 6.76. The fraction of sp³-hybridized carbons (Fsp3) is 0.308. The zero-order chi connectivity index (χ0) is 24.3. The zero-order valence-electron chi connectivity index (χ0n) is 20.3. The highest BCUT2D eigenvalue weighted by Crippen LogP contribution is 2.44. The Balaban J connectivity index is 1.97. The van der Waals surface area contributed by atoms with Gasteiger partial charge in [0, 0.05) is 43.6 Å². The number of halogens is 1. The SMILES string of the molecule is COc1ccc(F)c(-c2c(-c3ncccc3OC)n(COCC[Si](C)(C)C)c3ncccc23)c1. The molecule has 0 fully saturated rings. The van der Waals surface area contributed by atoms with Gasteiger partial charge in [-0.05, 0) is 48.5 Å². The lowest BCUT2D eigenvalue weighted by atomic mass is 9.99. The van der Waals surface area contributed by atoms with E-state index in [0.29, 0.717) is 46.3 Å². The molecule has 0 radical (unpaired) electrons. The van der Waals surface area contributed by atoms with E-state index in [1.807, 2.05) is 28.8 Å². The maximum absolute atomic E-state index is 15.3. The third-order valence-corrected chi connectivity index (χ3v) is 7.40. The second-order valence-electron chi connectivity index (χ2n) is 9.27. The average molecular weight is 480 g/mol. The molecule has 0 spiro atoms. The molecule has 6 nitrogen and oxygen atoms in total. The Morgan fingerprint density at radius 3 is 2.47 bits per heavy atom. The molecular formula is C26H30FN3O3Si. The third-order valence-electron chi connectivity index (χ3n) is 5.69. The quantitative estimate of drug-likeness (QED) is 0.210. The maximum Gasteiger partial charge on any atom is 0.146 e. The van der Waals surface area contributed by atoms with E-state index >= 15 is 4.39 Å². The fourth-order valence-corrected chi connectivity index (χ4v) is 4.67. The molecule has 0 aliphatic carbocycles. The van der Waals surface area contributed by atoms with E-state index in [-0.39, 0.29) is 12.5 Å². The summed E-state index contributed by atoms with van der Waals surface area (Å²) in [6.45, 7) is 7.85. The van der Waals surface area contributed by atoms with Crippen LogP contribution in [0.2, 0.25) is 25.7 Å².